The number of aryl methyl sites for hydroxylation is 1. The summed E-state index contributed by atoms with van der Waals surface area (Å²) < 4.78 is 5.27. The van der Waals surface area contributed by atoms with Crippen LogP contribution in [0.5, 0.6) is 5.75 Å². The van der Waals surface area contributed by atoms with Gasteiger partial charge < -0.3 is 15.0 Å². The predicted octanol–water partition coefficient (Wildman–Crippen LogP) is 7.60. The number of nitrogens with one attached hydrogen (secondary N) is 1. The highest BCUT2D eigenvalue weighted by Crippen LogP contribution is 2.39. The van der Waals surface area contributed by atoms with Gasteiger partial charge in [0.2, 0.25) is 0 Å². The monoisotopic (exact) mass is 444 g/mol. The predicted molar refractivity (Wildman–Crippen MR) is 141 cm³/mol. The zero-order valence-corrected chi connectivity index (χ0v) is 20.5. The molecule has 2 aromatic rings. The second-order valence-corrected chi connectivity index (χ2v) is 9.79. The molecule has 2 atom stereocenters. The number of unbranched alkanes of at least 4 members (excludes halogenated alkanes) is 1. The number of rotatable bonds is 9. The molecule has 3 heteroatoms. The van der Waals surface area contributed by atoms with E-state index in [1.807, 2.05) is 24.3 Å². The molecular formula is C30H40N2O. The molecule has 1 N–H and O–H groups in total. The summed E-state index contributed by atoms with van der Waals surface area (Å²) in [6.45, 7) is 13.4. The number of nitrogens with zero attached hydrogens (tertiary/aromatic N) is 1. The fraction of sp³-hybridized carbons (Fsp3) is 0.467. The maximum Gasteiger partial charge on any atom is 0.118 e. The Balaban J connectivity index is 1.49. The zero-order chi connectivity index (χ0) is 23.2. The summed E-state index contributed by atoms with van der Waals surface area (Å²) in [5.74, 6) is 2.66. The van der Waals surface area contributed by atoms with Gasteiger partial charge in [0, 0.05) is 35.7 Å². The molecule has 1 aliphatic carbocycles. The van der Waals surface area contributed by atoms with Crippen LogP contribution in [0.15, 0.2) is 55.6 Å². The Morgan fingerprint density at radius 2 is 1.79 bits per heavy atom. The number of hydrogen-bond donors (Lipinski definition) is 1. The topological polar surface area (TPSA) is 24.5 Å². The maximum absolute atomic E-state index is 5.27. The molecule has 1 saturated carbocycles. The first-order valence-electron chi connectivity index (χ1n) is 12.8. The van der Waals surface area contributed by atoms with Gasteiger partial charge in [0.1, 0.15) is 5.75 Å². The molecule has 1 aliphatic heterocycles. The Morgan fingerprint density at radius 3 is 2.52 bits per heavy atom. The molecule has 0 aromatic heterocycles. The number of ether oxygens (including phenoxy) is 1. The molecule has 4 rings (SSSR count). The molecule has 0 radical (unpaired) electrons. The van der Waals surface area contributed by atoms with Crippen molar-refractivity contribution >= 4 is 17.1 Å². The lowest BCUT2D eigenvalue weighted by Gasteiger charge is -2.43. The normalized spacial score (nSPS) is 20.1. The Morgan fingerprint density at radius 1 is 1.03 bits per heavy atom. The molecule has 1 heterocycles. The van der Waals surface area contributed by atoms with Crippen molar-refractivity contribution in [2.24, 2.45) is 11.8 Å². The molecule has 2 unspecified atom stereocenters. The third-order valence-electron chi connectivity index (χ3n) is 7.62. The van der Waals surface area contributed by atoms with E-state index in [1.165, 1.54) is 68.3 Å². The van der Waals surface area contributed by atoms with Crippen molar-refractivity contribution in [3.05, 3.63) is 72.3 Å². The first-order valence-corrected chi connectivity index (χ1v) is 12.8. The highest BCUT2D eigenvalue weighted by Gasteiger charge is 2.32. The molecule has 0 amide bonds. The minimum absolute atomic E-state index is 0.855. The second-order valence-electron chi connectivity index (χ2n) is 9.79. The lowest BCUT2D eigenvalue weighted by Crippen LogP contribution is -2.40. The van der Waals surface area contributed by atoms with Gasteiger partial charge in [0.25, 0.3) is 0 Å². The Kier molecular flexibility index (Phi) is 7.80. The lowest BCUT2D eigenvalue weighted by atomic mass is 9.75. The fourth-order valence-electron chi connectivity index (χ4n) is 5.58. The van der Waals surface area contributed by atoms with Gasteiger partial charge in [-0.2, -0.15) is 0 Å². The Labute approximate surface area is 200 Å². The fourth-order valence-corrected chi connectivity index (χ4v) is 5.58. The van der Waals surface area contributed by atoms with Crippen LogP contribution in [0.2, 0.25) is 0 Å². The van der Waals surface area contributed by atoms with E-state index in [9.17, 15) is 0 Å². The Hall–Kier alpha value is -2.68. The summed E-state index contributed by atoms with van der Waals surface area (Å²) in [5.41, 5.74) is 6.97. The number of likely N-dealkylation sites (tertiary alicyclic amines) is 1. The van der Waals surface area contributed by atoms with E-state index < -0.39 is 0 Å². The summed E-state index contributed by atoms with van der Waals surface area (Å²) in [6, 6.07) is 14.8. The number of benzene rings is 2. The number of fused-ring (bicyclic) bond motifs is 1. The molecule has 3 nitrogen and oxygen atoms in total. The molecule has 0 bridgehead atoms. The Bertz CT molecular complexity index is 962. The van der Waals surface area contributed by atoms with E-state index in [-0.39, 0.29) is 0 Å². The molecule has 0 spiro atoms. The van der Waals surface area contributed by atoms with Gasteiger partial charge in [-0.3, -0.25) is 0 Å². The standard InChI is InChI=1S/C30H40N2O/c1-5-6-9-26-20-28(31-22(2)24-12-15-29(33-4)16-13-24)14-17-30(26)23(3)32-19-18-25-10-7-8-11-27(25)21-32/h12-17,20,25,27,31H,2-3,5-11,18-19,21H2,1,4H3. The highest BCUT2D eigenvalue weighted by atomic mass is 16.5. The highest BCUT2D eigenvalue weighted by molar-refractivity contribution is 5.77. The van der Waals surface area contributed by atoms with E-state index in [4.69, 9.17) is 4.74 Å². The smallest absolute Gasteiger partial charge is 0.118 e. The quantitative estimate of drug-likeness (QED) is 0.431. The number of methoxy groups -OCH3 is 1. The minimum Gasteiger partial charge on any atom is -0.497 e. The van der Waals surface area contributed by atoms with Crippen molar-refractivity contribution in [3.8, 4) is 5.75 Å². The van der Waals surface area contributed by atoms with Crippen LogP contribution in [0.4, 0.5) is 5.69 Å². The average molecular weight is 445 g/mol. The third-order valence-corrected chi connectivity index (χ3v) is 7.62. The van der Waals surface area contributed by atoms with Gasteiger partial charge in [-0.25, -0.2) is 0 Å². The van der Waals surface area contributed by atoms with Crippen molar-refractivity contribution in [2.45, 2.75) is 58.3 Å². The largest absolute Gasteiger partial charge is 0.497 e. The summed E-state index contributed by atoms with van der Waals surface area (Å²) in [7, 11) is 1.69. The van der Waals surface area contributed by atoms with Crippen molar-refractivity contribution in [1.82, 2.24) is 4.90 Å². The number of anilines is 1. The third kappa shape index (κ3) is 5.63. The maximum atomic E-state index is 5.27. The molecule has 176 valence electrons. The number of piperidine rings is 1. The van der Waals surface area contributed by atoms with E-state index in [0.717, 1.165) is 47.5 Å². The summed E-state index contributed by atoms with van der Waals surface area (Å²) in [4.78, 5) is 2.57. The van der Waals surface area contributed by atoms with Crippen molar-refractivity contribution in [2.75, 3.05) is 25.5 Å². The van der Waals surface area contributed by atoms with Crippen LogP contribution in [-0.4, -0.2) is 25.1 Å². The van der Waals surface area contributed by atoms with Crippen LogP contribution < -0.4 is 10.1 Å². The van der Waals surface area contributed by atoms with Gasteiger partial charge in [-0.15, -0.1) is 0 Å². The van der Waals surface area contributed by atoms with Gasteiger partial charge in [0.15, 0.2) is 0 Å². The molecule has 33 heavy (non-hydrogen) atoms. The average Bonchev–Trinajstić information content (AvgIpc) is 2.87. The van der Waals surface area contributed by atoms with Gasteiger partial charge >= 0.3 is 0 Å². The van der Waals surface area contributed by atoms with E-state index in [0.29, 0.717) is 0 Å². The molecule has 2 aromatic carbocycles. The van der Waals surface area contributed by atoms with Crippen molar-refractivity contribution in [3.63, 3.8) is 0 Å². The SMILES string of the molecule is C=C(Nc1ccc(C(=C)N2CCC3CCCCC3C2)c(CCCC)c1)c1ccc(OC)cc1. The molecule has 1 saturated heterocycles. The number of hydrogen-bond acceptors (Lipinski definition) is 3. The summed E-state index contributed by atoms with van der Waals surface area (Å²) in [5, 5.41) is 3.52. The van der Waals surface area contributed by atoms with Crippen LogP contribution in [0, 0.1) is 11.8 Å². The van der Waals surface area contributed by atoms with E-state index in [2.05, 4.69) is 48.5 Å². The van der Waals surface area contributed by atoms with Crippen LogP contribution in [0.1, 0.15) is 68.6 Å². The molecular weight excluding hydrogens is 404 g/mol. The van der Waals surface area contributed by atoms with E-state index in [1.54, 1.807) is 7.11 Å². The van der Waals surface area contributed by atoms with Gasteiger partial charge in [-0.1, -0.05) is 51.8 Å². The second kappa shape index (κ2) is 11.0. The lowest BCUT2D eigenvalue weighted by molar-refractivity contribution is 0.124. The summed E-state index contributed by atoms with van der Waals surface area (Å²) >= 11 is 0. The van der Waals surface area contributed by atoms with Crippen LogP contribution in [-0.2, 0) is 6.42 Å². The van der Waals surface area contributed by atoms with Crippen molar-refractivity contribution in [1.29, 1.82) is 0 Å². The van der Waals surface area contributed by atoms with Crippen LogP contribution in [0.25, 0.3) is 11.4 Å². The minimum atomic E-state index is 0.855. The van der Waals surface area contributed by atoms with Gasteiger partial charge in [-0.05, 0) is 85.0 Å². The first-order chi connectivity index (χ1) is 16.1. The van der Waals surface area contributed by atoms with E-state index >= 15 is 0 Å². The van der Waals surface area contributed by atoms with Crippen LogP contribution >= 0.6 is 0 Å². The van der Waals surface area contributed by atoms with Gasteiger partial charge in [0.05, 0.1) is 7.11 Å². The zero-order valence-electron chi connectivity index (χ0n) is 20.5. The van der Waals surface area contributed by atoms with Crippen LogP contribution in [0.3, 0.4) is 0 Å². The first kappa shape index (κ1) is 23.5. The summed E-state index contributed by atoms with van der Waals surface area (Å²) in [6.07, 6.45) is 10.5. The molecule has 2 aliphatic rings. The van der Waals surface area contributed by atoms with Crippen molar-refractivity contribution < 1.29 is 4.74 Å². The molecule has 2 fully saturated rings.